The third-order valence-electron chi connectivity index (χ3n) is 4.68. The van der Waals surface area contributed by atoms with E-state index in [1.165, 1.54) is 16.4 Å². The molecule has 1 saturated heterocycles. The van der Waals surface area contributed by atoms with Crippen LogP contribution in [0.1, 0.15) is 30.9 Å². The van der Waals surface area contributed by atoms with E-state index in [4.69, 9.17) is 0 Å². The third kappa shape index (κ3) is 4.20. The molecular weight excluding hydrogens is 380 g/mol. The van der Waals surface area contributed by atoms with Crippen LogP contribution < -0.4 is 5.43 Å². The Morgan fingerprint density at radius 2 is 1.79 bits per heavy atom. The number of nitro benzene ring substituents is 1. The lowest BCUT2D eigenvalue weighted by atomic mass is 10.1. The van der Waals surface area contributed by atoms with Gasteiger partial charge in [0, 0.05) is 19.2 Å². The summed E-state index contributed by atoms with van der Waals surface area (Å²) in [5, 5.41) is 15.7. The summed E-state index contributed by atoms with van der Waals surface area (Å²) in [4.78, 5) is 10.8. The molecule has 0 atom stereocenters. The van der Waals surface area contributed by atoms with Gasteiger partial charge in [-0.15, -0.1) is 0 Å². The molecule has 1 N–H and O–H groups in total. The van der Waals surface area contributed by atoms with Crippen molar-refractivity contribution in [3.8, 4) is 0 Å². The van der Waals surface area contributed by atoms with Gasteiger partial charge in [-0.05, 0) is 44.4 Å². The number of nitro groups is 1. The zero-order chi connectivity index (χ0) is 20.3. The summed E-state index contributed by atoms with van der Waals surface area (Å²) < 4.78 is 26.7. The normalized spacial score (nSPS) is 15.6. The third-order valence-corrected chi connectivity index (χ3v) is 6.58. The Morgan fingerprint density at radius 1 is 1.14 bits per heavy atom. The van der Waals surface area contributed by atoms with Gasteiger partial charge in [0.2, 0.25) is 10.0 Å². The van der Waals surface area contributed by atoms with Crippen LogP contribution in [0.15, 0.2) is 52.5 Å². The van der Waals surface area contributed by atoms with Crippen molar-refractivity contribution in [2.24, 2.45) is 5.10 Å². The molecule has 9 heteroatoms. The van der Waals surface area contributed by atoms with Crippen molar-refractivity contribution < 1.29 is 13.3 Å². The highest BCUT2D eigenvalue weighted by molar-refractivity contribution is 7.89. The van der Waals surface area contributed by atoms with E-state index >= 15 is 0 Å². The standard InChI is InChI=1S/C19H22N4O4S/c1-14-5-7-16(8-6-14)15(2)20-21-18-10-9-17(13-19(18)23(24)25)28(26,27)22-11-3-4-12-22/h5-10,13,21H,3-4,11-12H2,1-2H3/b20-15+. The SMILES string of the molecule is C/C(=N\Nc1ccc(S(=O)(=O)N2CCCC2)cc1[N+](=O)[O-])c1ccc(C)cc1. The maximum atomic E-state index is 12.7. The van der Waals surface area contributed by atoms with Crippen molar-refractivity contribution in [3.05, 3.63) is 63.7 Å². The van der Waals surface area contributed by atoms with Crippen LogP contribution in [-0.2, 0) is 10.0 Å². The van der Waals surface area contributed by atoms with Gasteiger partial charge in [-0.1, -0.05) is 29.8 Å². The van der Waals surface area contributed by atoms with Gasteiger partial charge < -0.3 is 0 Å². The Labute approximate surface area is 164 Å². The van der Waals surface area contributed by atoms with Gasteiger partial charge in [0.1, 0.15) is 5.69 Å². The minimum absolute atomic E-state index is 0.0779. The Morgan fingerprint density at radius 3 is 2.39 bits per heavy atom. The smallest absolute Gasteiger partial charge is 0.271 e. The number of hydrogen-bond donors (Lipinski definition) is 1. The predicted octanol–water partition coefficient (Wildman–Crippen LogP) is 3.52. The van der Waals surface area contributed by atoms with Gasteiger partial charge in [0.05, 0.1) is 15.5 Å². The summed E-state index contributed by atoms with van der Waals surface area (Å²) >= 11 is 0. The summed E-state index contributed by atoms with van der Waals surface area (Å²) in [6.45, 7) is 4.65. The average Bonchev–Trinajstić information content (AvgIpc) is 3.22. The summed E-state index contributed by atoms with van der Waals surface area (Å²) in [7, 11) is -3.72. The second-order valence-electron chi connectivity index (χ2n) is 6.72. The summed E-state index contributed by atoms with van der Waals surface area (Å²) in [6.07, 6.45) is 1.60. The number of nitrogens with zero attached hydrogens (tertiary/aromatic N) is 3. The first-order valence-corrected chi connectivity index (χ1v) is 10.4. The zero-order valence-electron chi connectivity index (χ0n) is 15.8. The predicted molar refractivity (Wildman–Crippen MR) is 108 cm³/mol. The number of sulfonamides is 1. The molecule has 0 aliphatic carbocycles. The highest BCUT2D eigenvalue weighted by Crippen LogP contribution is 2.30. The number of benzene rings is 2. The first-order valence-electron chi connectivity index (χ1n) is 8.95. The second-order valence-corrected chi connectivity index (χ2v) is 8.66. The van der Waals surface area contributed by atoms with E-state index in [1.807, 2.05) is 31.2 Å². The molecule has 1 aliphatic heterocycles. The first-order chi connectivity index (χ1) is 13.3. The van der Waals surface area contributed by atoms with Gasteiger partial charge in [0.25, 0.3) is 5.69 Å². The highest BCUT2D eigenvalue weighted by Gasteiger charge is 2.29. The van der Waals surface area contributed by atoms with E-state index in [9.17, 15) is 18.5 Å². The van der Waals surface area contributed by atoms with Crippen molar-refractivity contribution >= 4 is 27.1 Å². The van der Waals surface area contributed by atoms with E-state index < -0.39 is 14.9 Å². The fourth-order valence-electron chi connectivity index (χ4n) is 3.00. The molecule has 8 nitrogen and oxygen atoms in total. The van der Waals surface area contributed by atoms with Crippen molar-refractivity contribution in [2.75, 3.05) is 18.5 Å². The van der Waals surface area contributed by atoms with Crippen LogP contribution in [0.2, 0.25) is 0 Å². The molecule has 0 saturated carbocycles. The number of rotatable bonds is 6. The lowest BCUT2D eigenvalue weighted by Crippen LogP contribution is -2.27. The molecule has 3 rings (SSSR count). The molecule has 0 unspecified atom stereocenters. The molecule has 0 radical (unpaired) electrons. The molecule has 1 aliphatic rings. The largest absolute Gasteiger partial charge is 0.295 e. The minimum Gasteiger partial charge on any atom is -0.271 e. The van der Waals surface area contributed by atoms with Crippen LogP contribution in [0, 0.1) is 17.0 Å². The molecule has 0 spiro atoms. The number of anilines is 1. The van der Waals surface area contributed by atoms with Crippen LogP contribution in [0.25, 0.3) is 0 Å². The van der Waals surface area contributed by atoms with Gasteiger partial charge >= 0.3 is 0 Å². The average molecular weight is 402 g/mol. The molecule has 2 aromatic carbocycles. The van der Waals surface area contributed by atoms with Crippen molar-refractivity contribution in [1.29, 1.82) is 0 Å². The van der Waals surface area contributed by atoms with Gasteiger partial charge in [-0.3, -0.25) is 15.5 Å². The Bertz CT molecular complexity index is 1010. The lowest BCUT2D eigenvalue weighted by molar-refractivity contribution is -0.384. The fourth-order valence-corrected chi connectivity index (χ4v) is 4.54. The zero-order valence-corrected chi connectivity index (χ0v) is 16.6. The van der Waals surface area contributed by atoms with Gasteiger partial charge in [-0.25, -0.2) is 8.42 Å². The molecule has 0 bridgehead atoms. The molecule has 28 heavy (non-hydrogen) atoms. The monoisotopic (exact) mass is 402 g/mol. The first kappa shape index (κ1) is 20.0. The molecular formula is C19H22N4O4S. The van der Waals surface area contributed by atoms with E-state index in [0.717, 1.165) is 30.0 Å². The molecule has 2 aromatic rings. The summed E-state index contributed by atoms with van der Waals surface area (Å²) in [5.41, 5.74) is 5.16. The van der Waals surface area contributed by atoms with Crippen LogP contribution >= 0.6 is 0 Å². The maximum absolute atomic E-state index is 12.7. The molecule has 1 fully saturated rings. The van der Waals surface area contributed by atoms with E-state index in [0.29, 0.717) is 18.8 Å². The van der Waals surface area contributed by atoms with Crippen LogP contribution in [0.5, 0.6) is 0 Å². The highest BCUT2D eigenvalue weighted by atomic mass is 32.2. The number of hydrogen-bond acceptors (Lipinski definition) is 6. The summed E-state index contributed by atoms with van der Waals surface area (Å²) in [6, 6.07) is 11.6. The quantitative estimate of drug-likeness (QED) is 0.452. The Kier molecular flexibility index (Phi) is 5.76. The van der Waals surface area contributed by atoms with Crippen molar-refractivity contribution in [3.63, 3.8) is 0 Å². The minimum atomic E-state index is -3.72. The van der Waals surface area contributed by atoms with Crippen LogP contribution in [0.4, 0.5) is 11.4 Å². The molecule has 0 amide bonds. The lowest BCUT2D eigenvalue weighted by Gasteiger charge is -2.15. The fraction of sp³-hybridized carbons (Fsp3) is 0.316. The van der Waals surface area contributed by atoms with E-state index in [1.54, 1.807) is 6.92 Å². The number of aryl methyl sites for hydroxylation is 1. The summed E-state index contributed by atoms with van der Waals surface area (Å²) in [5.74, 6) is 0. The molecule has 1 heterocycles. The topological polar surface area (TPSA) is 105 Å². The Balaban J connectivity index is 1.88. The second kappa shape index (κ2) is 8.07. The van der Waals surface area contributed by atoms with Crippen molar-refractivity contribution in [1.82, 2.24) is 4.31 Å². The molecule has 148 valence electrons. The van der Waals surface area contributed by atoms with E-state index in [-0.39, 0.29) is 16.3 Å². The molecule has 0 aromatic heterocycles. The van der Waals surface area contributed by atoms with Crippen LogP contribution in [0.3, 0.4) is 0 Å². The van der Waals surface area contributed by atoms with Crippen molar-refractivity contribution in [2.45, 2.75) is 31.6 Å². The van der Waals surface area contributed by atoms with Gasteiger partial charge in [0.15, 0.2) is 0 Å². The Hall–Kier alpha value is -2.78. The number of hydrazone groups is 1. The number of nitrogens with one attached hydrogen (secondary N) is 1. The van der Waals surface area contributed by atoms with E-state index in [2.05, 4.69) is 10.5 Å². The maximum Gasteiger partial charge on any atom is 0.295 e. The van der Waals surface area contributed by atoms with Gasteiger partial charge in [-0.2, -0.15) is 9.41 Å². The van der Waals surface area contributed by atoms with Crippen LogP contribution in [-0.4, -0.2) is 36.4 Å².